The van der Waals surface area contributed by atoms with Crippen LogP contribution >= 0.6 is 33.8 Å². The predicted octanol–water partition coefficient (Wildman–Crippen LogP) is 31.1. The zero-order chi connectivity index (χ0) is 91.7. The van der Waals surface area contributed by atoms with Gasteiger partial charge in [-0.1, -0.05) is 273 Å². The van der Waals surface area contributed by atoms with Crippen LogP contribution in [0.1, 0.15) is 0 Å². The summed E-state index contributed by atoms with van der Waals surface area (Å²) in [5, 5.41) is 16.1. The second-order valence-electron chi connectivity index (χ2n) is 30.5. The largest absolute Gasteiger partial charge is 0.649 e. The molecule has 0 aliphatic heterocycles. The molecule has 0 amide bonds. The number of para-hydroxylation sites is 7. The third kappa shape index (κ3) is 20.1. The molecule has 0 aliphatic carbocycles. The van der Waals surface area contributed by atoms with Crippen LogP contribution in [-0.2, 0) is 20.1 Å². The van der Waals surface area contributed by atoms with Gasteiger partial charge in [-0.05, 0) is 187 Å². The first-order chi connectivity index (χ1) is 66.4. The standard InChI is InChI=1S/C44H32N2.C35H21N3S.C17H12N.C11H8N.C9H7NO.CH3.2Al.Ir.H2NP.H2S.3H/c1-3-17-37(18-4-1)45(43-23-11-15-35-13-7-9-21-41(35)43)39-29-25-33(26-30-39)34-27-31-40(32-28-34)46(38-19-5-2-6-20-38)44-24-12-16-36-14-8-10-22-42(36)44;1-5-13-29-23(9-1)24-10-2-6-14-30(24)37(29)22-17-18-33-28(21-22)27-19-20-36-35(34(27)39-33)38-31-15-7-3-11-25(31)26-12-4-8-16-32(26)38;1-3-7-14(8-4-1)16-11-12-18-17(13-16)15-9-5-2-6-10-15;1-2-6-10(7-3-1)11-8-4-5-9-12-11;11-8-5-1-3-7-4-2-6-10-9(7)8;;;;;1-2;;;;/h1-32H;1-21H;1-9,11-13H;1-6,8-9H;1-6,11H;1H3;;;;1-2H;1H2;;;/q;;2*-1;;;;+1;;;;;;/p-1/i/hD2. The summed E-state index contributed by atoms with van der Waals surface area (Å²) in [6.07, 6.45) is 7.36. The molecule has 17 aromatic carbocycles. The second-order valence-corrected chi connectivity index (χ2v) is 31.8. The monoisotopic (exact) mass is 1980 g/mol. The first-order valence-electron chi connectivity index (χ1n) is 44.4. The summed E-state index contributed by atoms with van der Waals surface area (Å²) in [6, 6.07) is 165. The Morgan fingerprint density at radius 2 is 0.767 bits per heavy atom. The maximum Gasteiger partial charge on any atom is 0.494 e. The number of thiophene rings is 1. The first kappa shape index (κ1) is 89.1. The van der Waals surface area contributed by atoms with Crippen molar-refractivity contribution in [2.24, 2.45) is 0 Å². The molecule has 0 aliphatic rings. The van der Waals surface area contributed by atoms with Crippen molar-refractivity contribution in [2.75, 3.05) is 9.80 Å². The van der Waals surface area contributed by atoms with Crippen LogP contribution in [-0.4, -0.2) is 63.1 Å². The van der Waals surface area contributed by atoms with Crippen molar-refractivity contribution in [2.45, 2.75) is 5.79 Å². The fraction of sp³-hybridized carbons (Fsp3) is 0.00855. The Morgan fingerprint density at radius 3 is 1.28 bits per heavy atom. The van der Waals surface area contributed by atoms with E-state index in [1.807, 2.05) is 145 Å². The van der Waals surface area contributed by atoms with Crippen LogP contribution in [0.25, 0.3) is 153 Å². The molecule has 24 rings (SSSR count). The Hall–Kier alpha value is -14.5. The quantitative estimate of drug-likeness (QED) is 0.0697. The maximum atomic E-state index is 5.75. The van der Waals surface area contributed by atoms with Crippen molar-refractivity contribution in [3.63, 3.8) is 0 Å². The van der Waals surface area contributed by atoms with E-state index in [0.717, 1.165) is 79.1 Å². The summed E-state index contributed by atoms with van der Waals surface area (Å²) in [5.74, 6) is 3.97. The number of anilines is 6. The minimum Gasteiger partial charge on any atom is -0.649 e. The number of hydrogen-bond acceptors (Lipinski definition) is 9. The van der Waals surface area contributed by atoms with Gasteiger partial charge < -0.3 is 28.1 Å². The van der Waals surface area contributed by atoms with E-state index < -0.39 is 0 Å². The summed E-state index contributed by atoms with van der Waals surface area (Å²) in [4.78, 5) is 22.5. The molecular formula is C117H89Al2IrN9OPS2-2. The van der Waals surface area contributed by atoms with Crippen LogP contribution < -0.4 is 13.6 Å². The number of hydrogen-bond donors (Lipinski definition) is 1. The average Bonchev–Trinajstić information content (AvgIpc) is 1.51. The molecule has 0 saturated carbocycles. The number of fused-ring (bicyclic) bond motifs is 12. The zero-order valence-electron chi connectivity index (χ0n) is 74.9. The Kier molecular flexibility index (Phi) is 29.8. The van der Waals surface area contributed by atoms with Gasteiger partial charge in [0.05, 0.1) is 39.3 Å². The van der Waals surface area contributed by atoms with E-state index >= 15 is 0 Å². The molecule has 2 radical (unpaired) electrons. The van der Waals surface area contributed by atoms with Crippen LogP contribution in [0.15, 0.2) is 480 Å². The molecule has 24 aromatic rings. The van der Waals surface area contributed by atoms with Crippen LogP contribution in [0.4, 0.5) is 34.1 Å². The zero-order valence-corrected chi connectivity index (χ0v) is 81.5. The van der Waals surface area contributed by atoms with E-state index in [9.17, 15) is 0 Å². The third-order valence-electron chi connectivity index (χ3n) is 22.9. The summed E-state index contributed by atoms with van der Waals surface area (Å²) >= 11 is 7.37. The SMILES string of the molecule is [2H]N=P.[2H]S.[AlH][O]c1cccc2cccnc12.[CH3][AlH2].[Ir].[c-]1ccccc1-c1cc(-c2ccccc2)ccn1.[c-]1ccccc1-c1ccccn1.c1ccc(N(c2ccc(-c3ccc(N(c4ccccc4)c4cccc5ccccc45)cc3)cc2)c2cccc3ccccc23)cc1.c1ccc2c(c1)c1ccccc1n2-c1ccc2sc3c(-n4c5ccccc5c5ccccc54)nccc3c2c1. The molecular weight excluding hydrogens is 1890 g/mol. The predicted molar refractivity (Wildman–Crippen MR) is 570 cm³/mol. The summed E-state index contributed by atoms with van der Waals surface area (Å²) in [7, 11) is 2.48. The number of nitrogens with one attached hydrogen (secondary N) is 1. The molecule has 0 atom stereocenters. The molecule has 133 heavy (non-hydrogen) atoms. The summed E-state index contributed by atoms with van der Waals surface area (Å²) in [5.41, 5.74) is 22.5. The van der Waals surface area contributed by atoms with Gasteiger partial charge in [0.25, 0.3) is 0 Å². The number of benzene rings is 17. The topological polar surface area (TPSA) is 101 Å². The number of pyridine rings is 4. The number of aromatic nitrogens is 6. The molecule has 0 spiro atoms. The summed E-state index contributed by atoms with van der Waals surface area (Å²) in [6.45, 7) is 0. The Balaban J connectivity index is 0.000000132. The second kappa shape index (κ2) is 44.4. The van der Waals surface area contributed by atoms with Crippen LogP contribution in [0.3, 0.4) is 0 Å². The average molecular weight is 1980 g/mol. The van der Waals surface area contributed by atoms with E-state index in [4.69, 9.17) is 11.3 Å². The van der Waals surface area contributed by atoms with Gasteiger partial charge in [0, 0.05) is 127 Å². The molecule has 16 heteroatoms. The summed E-state index contributed by atoms with van der Waals surface area (Å²) < 4.78 is 23.6. The van der Waals surface area contributed by atoms with Gasteiger partial charge in [0.15, 0.2) is 7.23 Å². The fourth-order valence-corrected chi connectivity index (χ4v) is 18.3. The minimum absolute atomic E-state index is 0. The molecule has 0 fully saturated rings. The molecule has 0 unspecified atom stereocenters. The van der Waals surface area contributed by atoms with E-state index in [1.54, 1.807) is 12.4 Å². The molecule has 1 N–H and O–H groups in total. The van der Waals surface area contributed by atoms with E-state index in [0.29, 0.717) is 0 Å². The smallest absolute Gasteiger partial charge is 0.494 e. The van der Waals surface area contributed by atoms with Crippen molar-refractivity contribution < 1.29 is 25.3 Å². The fourth-order valence-electron chi connectivity index (χ4n) is 17.0. The number of nitrogens with zero attached hydrogens (tertiary/aromatic N) is 8. The molecule has 0 saturated heterocycles. The van der Waals surface area contributed by atoms with Gasteiger partial charge in [-0.25, -0.2) is 4.98 Å². The molecule has 10 nitrogen and oxygen atoms in total. The van der Waals surface area contributed by atoms with Crippen molar-refractivity contribution in [1.82, 2.24) is 29.1 Å². The molecule has 642 valence electrons. The van der Waals surface area contributed by atoms with Gasteiger partial charge in [-0.3, -0.25) is 14.7 Å². The van der Waals surface area contributed by atoms with Gasteiger partial charge >= 0.3 is 16.6 Å². The Morgan fingerprint density at radius 1 is 0.353 bits per heavy atom. The van der Waals surface area contributed by atoms with Gasteiger partial charge in [0.1, 0.15) is 11.3 Å². The van der Waals surface area contributed by atoms with Crippen LogP contribution in [0.2, 0.25) is 7.20 Å². The Labute approximate surface area is 820 Å². The molecule has 7 aromatic heterocycles. The minimum atomic E-state index is 0. The van der Waals surface area contributed by atoms with Crippen LogP contribution in [0, 0.1) is 17.3 Å². The van der Waals surface area contributed by atoms with Gasteiger partial charge in [-0.2, -0.15) is 13.4 Å². The third-order valence-corrected chi connectivity index (χ3v) is 24.4. The van der Waals surface area contributed by atoms with Gasteiger partial charge in [0.2, 0.25) is 16.3 Å². The van der Waals surface area contributed by atoms with Crippen molar-refractivity contribution in [3.8, 4) is 62.0 Å². The molecule has 0 bridgehead atoms. The van der Waals surface area contributed by atoms with E-state index in [-0.39, 0.29) is 20.1 Å². The van der Waals surface area contributed by atoms with E-state index in [1.165, 1.54) is 146 Å². The van der Waals surface area contributed by atoms with Crippen molar-refractivity contribution in [1.29, 1.82) is 6.28 Å². The van der Waals surface area contributed by atoms with E-state index in [2.05, 4.69) is 413 Å². The first-order valence-corrected chi connectivity index (χ1v) is 47.4. The number of rotatable bonds is 13. The van der Waals surface area contributed by atoms with Crippen LogP contribution in [0.5, 0.6) is 5.75 Å². The normalized spacial score (nSPS) is 10.7. The maximum absolute atomic E-state index is 5.75. The van der Waals surface area contributed by atoms with Gasteiger partial charge in [-0.15, -0.1) is 88.9 Å². The van der Waals surface area contributed by atoms with Crippen molar-refractivity contribution >= 4 is 197 Å². The van der Waals surface area contributed by atoms with Crippen molar-refractivity contribution in [3.05, 3.63) is 492 Å². The molecule has 7 heterocycles. The Bertz CT molecular complexity index is 7670.